The fourth-order valence-corrected chi connectivity index (χ4v) is 6.68. The Morgan fingerprint density at radius 1 is 1.05 bits per heavy atom. The summed E-state index contributed by atoms with van der Waals surface area (Å²) in [5, 5.41) is 0.325. The largest absolute Gasteiger partial charge is 0.364 e. The zero-order chi connectivity index (χ0) is 27.5. The Morgan fingerprint density at radius 3 is 2.38 bits per heavy atom. The molecule has 7 heteroatoms. The summed E-state index contributed by atoms with van der Waals surface area (Å²) in [6, 6.07) is 16.2. The Hall–Kier alpha value is -3.77. The predicted octanol–water partition coefficient (Wildman–Crippen LogP) is 5.61. The predicted molar refractivity (Wildman–Crippen MR) is 151 cm³/mol. The molecule has 2 unspecified atom stereocenters. The van der Waals surface area contributed by atoms with Crippen molar-refractivity contribution in [1.29, 1.82) is 0 Å². The average Bonchev–Trinajstić information content (AvgIpc) is 3.32. The number of pyridine rings is 1. The van der Waals surface area contributed by atoms with Crippen LogP contribution in [0.3, 0.4) is 0 Å². The number of fused-ring (bicyclic) bond motifs is 3. The molecule has 1 saturated heterocycles. The van der Waals surface area contributed by atoms with Crippen LogP contribution in [-0.4, -0.2) is 51.6 Å². The van der Waals surface area contributed by atoms with Crippen LogP contribution in [-0.2, 0) is 27.8 Å². The Morgan fingerprint density at radius 2 is 1.72 bits per heavy atom. The summed E-state index contributed by atoms with van der Waals surface area (Å²) in [4.78, 5) is 35.6. The van der Waals surface area contributed by atoms with E-state index in [-0.39, 0.29) is 23.8 Å². The van der Waals surface area contributed by atoms with Gasteiger partial charge in [0.1, 0.15) is 5.82 Å². The first-order chi connectivity index (χ1) is 18.7. The molecule has 6 rings (SSSR count). The molecule has 0 radical (unpaired) electrons. The minimum atomic E-state index is -0.886. The molecule has 0 saturated carbocycles. The first-order valence-corrected chi connectivity index (χ1v) is 13.6. The van der Waals surface area contributed by atoms with Crippen LogP contribution in [0.25, 0.3) is 17.0 Å². The van der Waals surface area contributed by atoms with Gasteiger partial charge in [0.25, 0.3) is 0 Å². The number of piperazine rings is 1. The van der Waals surface area contributed by atoms with Crippen molar-refractivity contribution in [1.82, 2.24) is 14.8 Å². The van der Waals surface area contributed by atoms with Crippen molar-refractivity contribution in [2.45, 2.75) is 44.2 Å². The standard InChI is InChI=1S/C32H29ClFN3O2/c1-4-29(39)37-18-19(2)36(17-20(37)3)27-14-28(38)32(15-21-9-5-6-10-22(21)16-32)31-24(27)13-25(33)30(35-31)23-11-7-8-12-26(23)34/h4-14,19-20H,1,15-18H2,2-3H3. The fourth-order valence-electron chi connectivity index (χ4n) is 6.43. The zero-order valence-electron chi connectivity index (χ0n) is 22.0. The van der Waals surface area contributed by atoms with E-state index in [1.54, 1.807) is 24.3 Å². The van der Waals surface area contributed by atoms with Crippen molar-refractivity contribution in [3.05, 3.63) is 107 Å². The molecule has 0 N–H and O–H groups in total. The lowest BCUT2D eigenvalue weighted by molar-refractivity contribution is -0.131. The minimum Gasteiger partial charge on any atom is -0.364 e. The topological polar surface area (TPSA) is 53.5 Å². The van der Waals surface area contributed by atoms with Crippen LogP contribution >= 0.6 is 11.6 Å². The van der Waals surface area contributed by atoms with Crippen LogP contribution in [0.4, 0.5) is 4.39 Å². The van der Waals surface area contributed by atoms with Crippen LogP contribution in [0.1, 0.15) is 36.2 Å². The van der Waals surface area contributed by atoms with E-state index in [2.05, 4.69) is 23.6 Å². The van der Waals surface area contributed by atoms with E-state index < -0.39 is 11.2 Å². The second-order valence-corrected chi connectivity index (χ2v) is 11.2. The first kappa shape index (κ1) is 25.5. The third-order valence-electron chi connectivity index (χ3n) is 8.43. The molecule has 2 heterocycles. The highest BCUT2D eigenvalue weighted by Gasteiger charge is 2.50. The van der Waals surface area contributed by atoms with Crippen LogP contribution < -0.4 is 0 Å². The van der Waals surface area contributed by atoms with Gasteiger partial charge in [-0.15, -0.1) is 0 Å². The maximum atomic E-state index is 14.9. The fraction of sp³-hybridized carbons (Fsp3) is 0.281. The second-order valence-electron chi connectivity index (χ2n) is 10.8. The van der Waals surface area contributed by atoms with E-state index in [0.29, 0.717) is 47.9 Å². The van der Waals surface area contributed by atoms with E-state index in [9.17, 15) is 14.0 Å². The Bertz CT molecular complexity index is 1540. The summed E-state index contributed by atoms with van der Waals surface area (Å²) < 4.78 is 14.9. The smallest absolute Gasteiger partial charge is 0.246 e. The quantitative estimate of drug-likeness (QED) is 0.405. The molecule has 1 aromatic heterocycles. The van der Waals surface area contributed by atoms with E-state index in [0.717, 1.165) is 22.4 Å². The zero-order valence-corrected chi connectivity index (χ0v) is 22.7. The van der Waals surface area contributed by atoms with Gasteiger partial charge in [0.15, 0.2) is 5.78 Å². The molecule has 198 valence electrons. The molecule has 3 aromatic rings. The van der Waals surface area contributed by atoms with Crippen molar-refractivity contribution in [2.24, 2.45) is 0 Å². The Balaban J connectivity index is 1.51. The number of nitrogens with zero attached hydrogens (tertiary/aromatic N) is 3. The molecule has 1 fully saturated rings. The monoisotopic (exact) mass is 541 g/mol. The molecule has 2 atom stereocenters. The number of rotatable bonds is 3. The SMILES string of the molecule is C=CC(=O)N1CC(C)N(C2=CC(=O)C3(Cc4ccccc4C3)c3nc(-c4ccccc4F)c(Cl)cc32)CC1C. The summed E-state index contributed by atoms with van der Waals surface area (Å²) in [6.07, 6.45) is 4.13. The van der Waals surface area contributed by atoms with Gasteiger partial charge in [-0.3, -0.25) is 9.59 Å². The van der Waals surface area contributed by atoms with Gasteiger partial charge in [0.2, 0.25) is 5.91 Å². The third-order valence-corrected chi connectivity index (χ3v) is 8.72. The Labute approximate surface area is 232 Å². The van der Waals surface area contributed by atoms with Crippen molar-refractivity contribution < 1.29 is 14.0 Å². The number of hydrogen-bond acceptors (Lipinski definition) is 4. The van der Waals surface area contributed by atoms with Crippen LogP contribution in [0.2, 0.25) is 5.02 Å². The molecule has 1 aliphatic heterocycles. The normalized spacial score (nSPS) is 21.4. The van der Waals surface area contributed by atoms with Gasteiger partial charge < -0.3 is 9.80 Å². The number of benzene rings is 2. The summed E-state index contributed by atoms with van der Waals surface area (Å²) in [5.74, 6) is -0.538. The molecular formula is C32H29ClFN3O2. The van der Waals surface area contributed by atoms with Crippen LogP contribution in [0.5, 0.6) is 0 Å². The second kappa shape index (κ2) is 9.45. The van der Waals surface area contributed by atoms with E-state index >= 15 is 0 Å². The molecule has 5 nitrogen and oxygen atoms in total. The number of amides is 1. The first-order valence-electron chi connectivity index (χ1n) is 13.2. The summed E-state index contributed by atoms with van der Waals surface area (Å²) in [5.41, 5.74) is 4.16. The minimum absolute atomic E-state index is 0.0139. The number of ketones is 1. The molecule has 1 amide bonds. The molecule has 3 aliphatic rings. The highest BCUT2D eigenvalue weighted by atomic mass is 35.5. The lowest BCUT2D eigenvalue weighted by atomic mass is 9.71. The maximum Gasteiger partial charge on any atom is 0.246 e. The molecule has 0 bridgehead atoms. The highest BCUT2D eigenvalue weighted by molar-refractivity contribution is 6.33. The molecule has 2 aromatic carbocycles. The van der Waals surface area contributed by atoms with Crippen LogP contribution in [0.15, 0.2) is 73.3 Å². The van der Waals surface area contributed by atoms with Crippen molar-refractivity contribution >= 4 is 29.0 Å². The highest BCUT2D eigenvalue weighted by Crippen LogP contribution is 2.48. The van der Waals surface area contributed by atoms with Gasteiger partial charge in [-0.25, -0.2) is 9.37 Å². The van der Waals surface area contributed by atoms with Gasteiger partial charge in [-0.2, -0.15) is 0 Å². The van der Waals surface area contributed by atoms with Crippen molar-refractivity contribution in [3.8, 4) is 11.3 Å². The molecule has 39 heavy (non-hydrogen) atoms. The number of hydrogen-bond donors (Lipinski definition) is 0. The molecule has 2 aliphatic carbocycles. The number of aromatic nitrogens is 1. The molecule has 1 spiro atoms. The van der Waals surface area contributed by atoms with E-state index in [1.807, 2.05) is 36.9 Å². The third kappa shape index (κ3) is 4.00. The van der Waals surface area contributed by atoms with E-state index in [1.165, 1.54) is 12.1 Å². The lowest BCUT2D eigenvalue weighted by Gasteiger charge is -2.47. The lowest BCUT2D eigenvalue weighted by Crippen LogP contribution is -2.57. The van der Waals surface area contributed by atoms with Gasteiger partial charge in [-0.1, -0.05) is 54.6 Å². The van der Waals surface area contributed by atoms with Crippen LogP contribution in [0, 0.1) is 5.82 Å². The van der Waals surface area contributed by atoms with E-state index in [4.69, 9.17) is 16.6 Å². The number of halogens is 2. The summed E-state index contributed by atoms with van der Waals surface area (Å²) in [6.45, 7) is 8.71. The maximum absolute atomic E-state index is 14.9. The van der Waals surface area contributed by atoms with Gasteiger partial charge >= 0.3 is 0 Å². The number of allylic oxidation sites excluding steroid dienone is 1. The average molecular weight is 542 g/mol. The number of carbonyl (C=O) groups excluding carboxylic acids is 2. The Kier molecular flexibility index (Phi) is 6.18. The van der Waals surface area contributed by atoms with Gasteiger partial charge in [0, 0.05) is 48.1 Å². The summed E-state index contributed by atoms with van der Waals surface area (Å²) in [7, 11) is 0. The number of carbonyl (C=O) groups is 2. The van der Waals surface area contributed by atoms with Crippen molar-refractivity contribution in [2.75, 3.05) is 13.1 Å². The van der Waals surface area contributed by atoms with Crippen molar-refractivity contribution in [3.63, 3.8) is 0 Å². The van der Waals surface area contributed by atoms with Gasteiger partial charge in [0.05, 0.1) is 21.8 Å². The van der Waals surface area contributed by atoms with Gasteiger partial charge in [-0.05, 0) is 62.1 Å². The summed E-state index contributed by atoms with van der Waals surface area (Å²) >= 11 is 6.82. The molecular weight excluding hydrogens is 513 g/mol.